The Morgan fingerprint density at radius 3 is 2.21 bits per heavy atom. The molecule has 0 aromatic carbocycles. The van der Waals surface area contributed by atoms with E-state index >= 15 is 0 Å². The molecule has 0 heteroatoms. The normalized spacial score (nSPS) is 37.3. The highest BCUT2D eigenvalue weighted by atomic mass is 14.3. The first-order chi connectivity index (χ1) is 6.63. The lowest BCUT2D eigenvalue weighted by atomic mass is 9.76. The van der Waals surface area contributed by atoms with Crippen LogP contribution in [0.1, 0.15) is 66.2 Å². The maximum absolute atomic E-state index is 2.45. The molecule has 4 atom stereocenters. The van der Waals surface area contributed by atoms with Crippen LogP contribution in [0.15, 0.2) is 0 Å². The summed E-state index contributed by atoms with van der Waals surface area (Å²) < 4.78 is 0. The lowest BCUT2D eigenvalue weighted by molar-refractivity contribution is 0.213. The van der Waals surface area contributed by atoms with Gasteiger partial charge in [-0.15, -0.1) is 0 Å². The molecule has 1 saturated carbocycles. The van der Waals surface area contributed by atoms with Crippen molar-refractivity contribution in [3.8, 4) is 0 Å². The lowest BCUT2D eigenvalue weighted by Gasteiger charge is -2.30. The fourth-order valence-electron chi connectivity index (χ4n) is 2.81. The van der Waals surface area contributed by atoms with E-state index in [0.717, 1.165) is 23.7 Å². The Balaban J connectivity index is 2.48. The maximum atomic E-state index is 2.45. The van der Waals surface area contributed by atoms with E-state index in [-0.39, 0.29) is 0 Å². The Morgan fingerprint density at radius 1 is 1.00 bits per heavy atom. The van der Waals surface area contributed by atoms with Crippen LogP contribution >= 0.6 is 0 Å². The maximum Gasteiger partial charge on any atom is -0.0386 e. The second-order valence-electron chi connectivity index (χ2n) is 5.75. The topological polar surface area (TPSA) is 0 Å². The van der Waals surface area contributed by atoms with Crippen LogP contribution in [0.3, 0.4) is 0 Å². The van der Waals surface area contributed by atoms with Crippen molar-refractivity contribution in [3.63, 3.8) is 0 Å². The molecule has 1 rings (SSSR count). The summed E-state index contributed by atoms with van der Waals surface area (Å²) in [5.74, 6) is 3.90. The minimum absolute atomic E-state index is 0.947. The fraction of sp³-hybridized carbons (Fsp3) is 1.00. The van der Waals surface area contributed by atoms with E-state index in [4.69, 9.17) is 0 Å². The van der Waals surface area contributed by atoms with Crippen molar-refractivity contribution in [1.82, 2.24) is 0 Å². The van der Waals surface area contributed by atoms with Crippen LogP contribution in [-0.4, -0.2) is 0 Å². The molecule has 0 aromatic heterocycles. The van der Waals surface area contributed by atoms with Crippen molar-refractivity contribution in [1.29, 1.82) is 0 Å². The second kappa shape index (κ2) is 5.78. The highest BCUT2D eigenvalue weighted by Gasteiger charge is 2.22. The molecule has 14 heavy (non-hydrogen) atoms. The molecule has 0 radical (unpaired) electrons. The molecule has 1 fully saturated rings. The van der Waals surface area contributed by atoms with Crippen LogP contribution in [0.5, 0.6) is 0 Å². The van der Waals surface area contributed by atoms with Gasteiger partial charge in [-0.2, -0.15) is 0 Å². The van der Waals surface area contributed by atoms with Crippen LogP contribution in [0.4, 0.5) is 0 Å². The zero-order chi connectivity index (χ0) is 10.6. The van der Waals surface area contributed by atoms with Crippen molar-refractivity contribution < 1.29 is 0 Å². The summed E-state index contributed by atoms with van der Waals surface area (Å²) in [4.78, 5) is 0. The van der Waals surface area contributed by atoms with Gasteiger partial charge in [-0.1, -0.05) is 53.4 Å². The molecule has 1 aliphatic rings. The average molecular weight is 196 g/mol. The van der Waals surface area contributed by atoms with Gasteiger partial charge in [0.1, 0.15) is 0 Å². The smallest absolute Gasteiger partial charge is 0.0386 e. The summed E-state index contributed by atoms with van der Waals surface area (Å²) >= 11 is 0. The summed E-state index contributed by atoms with van der Waals surface area (Å²) in [6.45, 7) is 9.68. The molecule has 0 saturated heterocycles. The third kappa shape index (κ3) is 3.63. The van der Waals surface area contributed by atoms with Gasteiger partial charge in [0.25, 0.3) is 0 Å². The van der Waals surface area contributed by atoms with Gasteiger partial charge in [-0.25, -0.2) is 0 Å². The first-order valence-corrected chi connectivity index (χ1v) is 6.63. The summed E-state index contributed by atoms with van der Waals surface area (Å²) in [6, 6.07) is 0. The van der Waals surface area contributed by atoms with E-state index in [1.807, 2.05) is 0 Å². The first kappa shape index (κ1) is 12.1. The summed E-state index contributed by atoms with van der Waals surface area (Å²) in [5.41, 5.74) is 0. The third-order valence-electron chi connectivity index (χ3n) is 4.34. The van der Waals surface area contributed by atoms with E-state index < -0.39 is 0 Å². The quantitative estimate of drug-likeness (QED) is 0.590. The Kier molecular flexibility index (Phi) is 4.98. The molecular formula is C14H28. The van der Waals surface area contributed by atoms with Gasteiger partial charge < -0.3 is 0 Å². The summed E-state index contributed by atoms with van der Waals surface area (Å²) in [5, 5.41) is 0. The van der Waals surface area contributed by atoms with E-state index in [0.29, 0.717) is 0 Å². The lowest BCUT2D eigenvalue weighted by Crippen LogP contribution is -2.18. The molecule has 0 aromatic rings. The monoisotopic (exact) mass is 196 g/mol. The third-order valence-corrected chi connectivity index (χ3v) is 4.34. The Morgan fingerprint density at radius 2 is 1.57 bits per heavy atom. The van der Waals surface area contributed by atoms with Crippen molar-refractivity contribution >= 4 is 0 Å². The minimum Gasteiger partial charge on any atom is -0.0651 e. The largest absolute Gasteiger partial charge is 0.0651 e. The summed E-state index contributed by atoms with van der Waals surface area (Å²) in [6.07, 6.45) is 8.75. The van der Waals surface area contributed by atoms with Gasteiger partial charge in [-0.05, 0) is 36.5 Å². The Labute approximate surface area is 90.5 Å². The highest BCUT2D eigenvalue weighted by molar-refractivity contribution is 4.73. The minimum atomic E-state index is 0.947. The van der Waals surface area contributed by atoms with Gasteiger partial charge in [0, 0.05) is 0 Å². The molecule has 0 bridgehead atoms. The van der Waals surface area contributed by atoms with Crippen molar-refractivity contribution in [2.45, 2.75) is 66.2 Å². The van der Waals surface area contributed by atoms with E-state index in [2.05, 4.69) is 27.7 Å². The highest BCUT2D eigenvalue weighted by Crippen LogP contribution is 2.34. The van der Waals surface area contributed by atoms with Crippen molar-refractivity contribution in [2.75, 3.05) is 0 Å². The SMILES string of the molecule is CCC(C)C1CCC(C)CCC(C)C1. The van der Waals surface area contributed by atoms with Crippen molar-refractivity contribution in [2.24, 2.45) is 23.7 Å². The van der Waals surface area contributed by atoms with Crippen LogP contribution in [0.25, 0.3) is 0 Å². The molecule has 0 heterocycles. The molecule has 0 N–H and O–H groups in total. The van der Waals surface area contributed by atoms with E-state index in [9.17, 15) is 0 Å². The van der Waals surface area contributed by atoms with Crippen molar-refractivity contribution in [3.05, 3.63) is 0 Å². The van der Waals surface area contributed by atoms with Crippen LogP contribution < -0.4 is 0 Å². The van der Waals surface area contributed by atoms with E-state index in [1.165, 1.54) is 38.5 Å². The van der Waals surface area contributed by atoms with Gasteiger partial charge in [-0.3, -0.25) is 0 Å². The average Bonchev–Trinajstić information content (AvgIpc) is 2.17. The van der Waals surface area contributed by atoms with Gasteiger partial charge in [0.2, 0.25) is 0 Å². The Bertz CT molecular complexity index is 150. The van der Waals surface area contributed by atoms with Crippen LogP contribution in [-0.2, 0) is 0 Å². The fourth-order valence-corrected chi connectivity index (χ4v) is 2.81. The second-order valence-corrected chi connectivity index (χ2v) is 5.75. The molecule has 84 valence electrons. The standard InChI is InChI=1S/C14H28/c1-5-13(4)14-9-8-11(2)6-7-12(3)10-14/h11-14H,5-10H2,1-4H3. The summed E-state index contributed by atoms with van der Waals surface area (Å²) in [7, 11) is 0. The number of hydrogen-bond acceptors (Lipinski definition) is 0. The molecule has 0 nitrogen and oxygen atoms in total. The predicted molar refractivity (Wildman–Crippen MR) is 64.4 cm³/mol. The van der Waals surface area contributed by atoms with Gasteiger partial charge >= 0.3 is 0 Å². The molecule has 0 aliphatic heterocycles. The first-order valence-electron chi connectivity index (χ1n) is 6.63. The Hall–Kier alpha value is 0. The van der Waals surface area contributed by atoms with E-state index in [1.54, 1.807) is 0 Å². The predicted octanol–water partition coefficient (Wildman–Crippen LogP) is 4.89. The molecule has 0 amide bonds. The number of hydrogen-bond donors (Lipinski definition) is 0. The van der Waals surface area contributed by atoms with Crippen LogP contribution in [0, 0.1) is 23.7 Å². The number of rotatable bonds is 2. The zero-order valence-electron chi connectivity index (χ0n) is 10.6. The van der Waals surface area contributed by atoms with Gasteiger partial charge in [0.15, 0.2) is 0 Å². The molecule has 0 spiro atoms. The molecular weight excluding hydrogens is 168 g/mol. The van der Waals surface area contributed by atoms with Crippen LogP contribution in [0.2, 0.25) is 0 Å². The zero-order valence-corrected chi connectivity index (χ0v) is 10.6. The van der Waals surface area contributed by atoms with Gasteiger partial charge in [0.05, 0.1) is 0 Å². The molecule has 4 unspecified atom stereocenters. The molecule has 1 aliphatic carbocycles.